The minimum atomic E-state index is -4.62. The first kappa shape index (κ1) is 48.2. The van der Waals surface area contributed by atoms with Crippen LogP contribution in [0, 0.1) is 12.3 Å². The molecule has 352 valence electrons. The van der Waals surface area contributed by atoms with Crippen LogP contribution in [0.2, 0.25) is 0 Å². The molecule has 1 atom stereocenters. The van der Waals surface area contributed by atoms with Gasteiger partial charge in [0.15, 0.2) is 23.7 Å². The van der Waals surface area contributed by atoms with Gasteiger partial charge in [0.1, 0.15) is 43.5 Å². The molecule has 3 aromatic heterocycles. The normalized spacial score (nSPS) is 14.3. The van der Waals surface area contributed by atoms with Crippen LogP contribution in [-0.4, -0.2) is 85.2 Å². The van der Waals surface area contributed by atoms with Gasteiger partial charge in [0.25, 0.3) is 5.91 Å². The van der Waals surface area contributed by atoms with Crippen LogP contribution >= 0.6 is 0 Å². The van der Waals surface area contributed by atoms with E-state index in [2.05, 4.69) is 47.1 Å². The number of aromatic nitrogens is 4. The van der Waals surface area contributed by atoms with Crippen molar-refractivity contribution in [1.82, 2.24) is 25.3 Å². The second-order valence-corrected chi connectivity index (χ2v) is 15.6. The second kappa shape index (κ2) is 22.7. The highest BCUT2D eigenvalue weighted by Gasteiger charge is 2.33. The molecular weight excluding hydrogens is 882 g/mol. The molecular formula is C50H49F3N8O7. The van der Waals surface area contributed by atoms with Crippen molar-refractivity contribution in [2.24, 2.45) is 0 Å². The number of nitrogens with one attached hydrogen (secondary N) is 4. The summed E-state index contributed by atoms with van der Waals surface area (Å²) < 4.78 is 73.9. The summed E-state index contributed by atoms with van der Waals surface area (Å²) in [5.74, 6) is 4.63. The molecule has 0 unspecified atom stereocenters. The molecule has 1 aliphatic rings. The van der Waals surface area contributed by atoms with Crippen LogP contribution in [0.3, 0.4) is 0 Å². The van der Waals surface area contributed by atoms with Crippen molar-refractivity contribution in [3.05, 3.63) is 133 Å². The Balaban J connectivity index is 0.000000211. The number of ether oxygens (including phenoxy) is 5. The molecule has 0 radical (unpaired) electrons. The number of pyridine rings is 1. The number of oxazole rings is 1. The summed E-state index contributed by atoms with van der Waals surface area (Å²) in [4.78, 5) is 30.2. The summed E-state index contributed by atoms with van der Waals surface area (Å²) in [6.45, 7) is 4.72. The third kappa shape index (κ3) is 13.0. The van der Waals surface area contributed by atoms with Crippen molar-refractivity contribution in [2.45, 2.75) is 31.5 Å². The zero-order valence-electron chi connectivity index (χ0n) is 37.5. The number of carbonyl (C=O) groups is 1. The number of hydrogen-bond acceptors (Lipinski definition) is 14. The molecule has 8 rings (SSSR count). The zero-order valence-corrected chi connectivity index (χ0v) is 37.5. The van der Waals surface area contributed by atoms with Gasteiger partial charge in [0, 0.05) is 71.7 Å². The van der Waals surface area contributed by atoms with Crippen LogP contribution in [0.5, 0.6) is 17.2 Å². The van der Waals surface area contributed by atoms with Crippen LogP contribution in [-0.2, 0) is 15.7 Å². The monoisotopic (exact) mass is 930 g/mol. The van der Waals surface area contributed by atoms with Gasteiger partial charge in [-0.3, -0.25) is 4.79 Å². The van der Waals surface area contributed by atoms with Crippen molar-refractivity contribution >= 4 is 45.5 Å². The number of halogens is 3. The summed E-state index contributed by atoms with van der Waals surface area (Å²) in [5, 5.41) is 13.1. The predicted octanol–water partition coefficient (Wildman–Crippen LogP) is 9.68. The summed E-state index contributed by atoms with van der Waals surface area (Å²) in [7, 11) is 3.25. The van der Waals surface area contributed by atoms with Gasteiger partial charge < -0.3 is 49.4 Å². The molecule has 4 aromatic carbocycles. The molecule has 4 heterocycles. The number of hydrogen-bond donors (Lipinski definition) is 4. The number of methoxy groups -OCH3 is 2. The Morgan fingerprint density at radius 3 is 2.29 bits per heavy atom. The van der Waals surface area contributed by atoms with Crippen molar-refractivity contribution in [2.75, 3.05) is 69.7 Å². The van der Waals surface area contributed by atoms with E-state index in [9.17, 15) is 18.0 Å². The van der Waals surface area contributed by atoms with E-state index in [1.165, 1.54) is 31.1 Å². The SMILES string of the molecule is C#Cc1cccc(Nc2ncnc3cc(OCCOC)c(OCCOC)cc23)c1.C[C@]1(COc2cc(NC(=O)c3cccnc3Nc3cccc(-c4cnco4)c3)cc(C(F)(F)F)c2)CCCN1. The molecule has 0 saturated carbocycles. The number of terminal acetylenes is 1. The Labute approximate surface area is 390 Å². The average Bonchev–Trinajstić information content (AvgIpc) is 4.05. The third-order valence-corrected chi connectivity index (χ3v) is 10.5. The summed E-state index contributed by atoms with van der Waals surface area (Å²) in [5.41, 5.74) is 2.59. The molecule has 18 heteroatoms. The third-order valence-electron chi connectivity index (χ3n) is 10.5. The molecule has 68 heavy (non-hydrogen) atoms. The number of fused-ring (bicyclic) bond motifs is 1. The van der Waals surface area contributed by atoms with Gasteiger partial charge in [0.05, 0.1) is 36.1 Å². The lowest BCUT2D eigenvalue weighted by Crippen LogP contribution is -2.42. The van der Waals surface area contributed by atoms with Crippen LogP contribution < -0.4 is 35.5 Å². The lowest BCUT2D eigenvalue weighted by Gasteiger charge is -2.25. The molecule has 0 spiro atoms. The van der Waals surface area contributed by atoms with Gasteiger partial charge in [-0.15, -0.1) is 6.42 Å². The Morgan fingerprint density at radius 2 is 1.59 bits per heavy atom. The second-order valence-electron chi connectivity index (χ2n) is 15.6. The Morgan fingerprint density at radius 1 is 0.838 bits per heavy atom. The van der Waals surface area contributed by atoms with Crippen LogP contribution in [0.15, 0.2) is 121 Å². The van der Waals surface area contributed by atoms with Crippen molar-refractivity contribution in [3.63, 3.8) is 0 Å². The largest absolute Gasteiger partial charge is 0.492 e. The van der Waals surface area contributed by atoms with Crippen LogP contribution in [0.4, 0.5) is 41.9 Å². The maximum absolute atomic E-state index is 13.7. The van der Waals surface area contributed by atoms with E-state index < -0.39 is 17.6 Å². The lowest BCUT2D eigenvalue weighted by atomic mass is 10.0. The maximum Gasteiger partial charge on any atom is 0.416 e. The van der Waals surface area contributed by atoms with Crippen molar-refractivity contribution in [3.8, 4) is 40.9 Å². The number of amides is 1. The van der Waals surface area contributed by atoms with E-state index in [1.54, 1.807) is 44.7 Å². The topological polar surface area (TPSA) is 176 Å². The van der Waals surface area contributed by atoms with Gasteiger partial charge in [-0.2, -0.15) is 13.2 Å². The van der Waals surface area contributed by atoms with E-state index in [4.69, 9.17) is 34.5 Å². The maximum atomic E-state index is 13.7. The fourth-order valence-corrected chi connectivity index (χ4v) is 7.06. The summed E-state index contributed by atoms with van der Waals surface area (Å²) in [6, 6.07) is 24.8. The van der Waals surface area contributed by atoms with E-state index in [-0.39, 0.29) is 35.0 Å². The lowest BCUT2D eigenvalue weighted by molar-refractivity contribution is -0.137. The molecule has 1 fully saturated rings. The summed E-state index contributed by atoms with van der Waals surface area (Å²) >= 11 is 0. The van der Waals surface area contributed by atoms with E-state index in [0.29, 0.717) is 55.2 Å². The number of rotatable bonds is 18. The van der Waals surface area contributed by atoms with Gasteiger partial charge >= 0.3 is 6.18 Å². The molecule has 15 nitrogen and oxygen atoms in total. The molecule has 1 amide bonds. The van der Waals surface area contributed by atoms with Gasteiger partial charge in [-0.1, -0.05) is 24.1 Å². The fourth-order valence-electron chi connectivity index (χ4n) is 7.06. The van der Waals surface area contributed by atoms with Crippen LogP contribution in [0.25, 0.3) is 22.2 Å². The highest BCUT2D eigenvalue weighted by molar-refractivity contribution is 6.08. The van der Waals surface area contributed by atoms with Gasteiger partial charge in [-0.25, -0.2) is 19.9 Å². The number of carbonyl (C=O) groups excluding carboxylic acids is 1. The highest BCUT2D eigenvalue weighted by atomic mass is 19.4. The Bertz CT molecular complexity index is 2830. The first-order chi connectivity index (χ1) is 32.9. The molecule has 0 bridgehead atoms. The first-order valence-electron chi connectivity index (χ1n) is 21.4. The zero-order chi connectivity index (χ0) is 47.9. The van der Waals surface area contributed by atoms with Crippen LogP contribution in [0.1, 0.15) is 41.3 Å². The quantitative estimate of drug-likeness (QED) is 0.0473. The van der Waals surface area contributed by atoms with Gasteiger partial charge in [0.2, 0.25) is 0 Å². The summed E-state index contributed by atoms with van der Waals surface area (Å²) in [6.07, 6.45) is 8.61. The van der Waals surface area contributed by atoms with Crippen molar-refractivity contribution < 1.29 is 46.1 Å². The van der Waals surface area contributed by atoms with Gasteiger partial charge in [-0.05, 0) is 87.0 Å². The van der Waals surface area contributed by atoms with E-state index in [1.807, 2.05) is 49.4 Å². The molecule has 0 aliphatic carbocycles. The first-order valence-corrected chi connectivity index (χ1v) is 21.4. The Kier molecular flexibility index (Phi) is 16.1. The smallest absolute Gasteiger partial charge is 0.416 e. The standard InChI is InChI=1S/C28H26F3N5O3.C22H23N3O4/c1-27(8-4-10-34-27)16-38-22-13-19(28(29,30)31)12-21(14-22)36-26(37)23-7-3-9-33-25(23)35-20-6-2-5-18(11-20)24-15-32-17-39-24;1-4-16-6-5-7-17(12-16)25-22-18-13-20(28-10-8-26-2)21(29-11-9-27-3)14-19(18)23-15-24-22/h2-3,5-7,9,11-15,17,34H,4,8,10,16H2,1H3,(H,33,35)(H,36,37);1,5-7,12-15H,8-11H2,2-3H3,(H,23,24,25)/t27-;/m1./s1. The minimum absolute atomic E-state index is 0.0174. The number of benzene rings is 4. The molecule has 7 aromatic rings. The van der Waals surface area contributed by atoms with Crippen molar-refractivity contribution in [1.29, 1.82) is 0 Å². The van der Waals surface area contributed by atoms with E-state index in [0.717, 1.165) is 59.2 Å². The van der Waals surface area contributed by atoms with E-state index >= 15 is 0 Å². The highest BCUT2D eigenvalue weighted by Crippen LogP contribution is 2.37. The molecule has 1 aliphatic heterocycles. The predicted molar refractivity (Wildman–Crippen MR) is 252 cm³/mol. The number of alkyl halides is 3. The number of nitrogens with zero attached hydrogens (tertiary/aromatic N) is 4. The average molecular weight is 931 g/mol. The molecule has 1 saturated heterocycles. The minimum Gasteiger partial charge on any atom is -0.492 e. The number of anilines is 5. The Hall–Kier alpha value is -7.72. The molecule has 4 N–H and O–H groups in total. The fraction of sp³-hybridized carbons (Fsp3) is 0.260.